The molecular formula is C7H9NO3. The molecule has 0 fully saturated rings. The second-order valence-electron chi connectivity index (χ2n) is 2.11. The third kappa shape index (κ3) is 1.80. The molecule has 1 aliphatic rings. The van der Waals surface area contributed by atoms with Crippen LogP contribution in [-0.2, 0) is 9.53 Å². The molecule has 0 aromatic rings. The molecule has 1 amide bonds. The normalized spacial score (nSPS) is 15.7. The van der Waals surface area contributed by atoms with Gasteiger partial charge in [0.1, 0.15) is 0 Å². The van der Waals surface area contributed by atoms with E-state index < -0.39 is 6.09 Å². The van der Waals surface area contributed by atoms with Crippen LogP contribution >= 0.6 is 0 Å². The molecule has 0 saturated heterocycles. The van der Waals surface area contributed by atoms with Gasteiger partial charge in [-0.3, -0.25) is 9.69 Å². The van der Waals surface area contributed by atoms with Crippen molar-refractivity contribution < 1.29 is 14.3 Å². The molecule has 0 aromatic carbocycles. The van der Waals surface area contributed by atoms with Crippen LogP contribution in [0.1, 0.15) is 6.92 Å². The summed E-state index contributed by atoms with van der Waals surface area (Å²) in [5.74, 6) is -0.0712. The minimum atomic E-state index is -0.463. The highest BCUT2D eigenvalue weighted by Gasteiger charge is 2.18. The lowest BCUT2D eigenvalue weighted by atomic mass is 10.4. The molecule has 0 N–H and O–H groups in total. The first-order chi connectivity index (χ1) is 5.24. The zero-order chi connectivity index (χ0) is 8.27. The summed E-state index contributed by atoms with van der Waals surface area (Å²) < 4.78 is 4.66. The Morgan fingerprint density at radius 2 is 2.55 bits per heavy atom. The van der Waals surface area contributed by atoms with E-state index in [1.54, 1.807) is 6.92 Å². The first-order valence-corrected chi connectivity index (χ1v) is 3.38. The zero-order valence-electron chi connectivity index (χ0n) is 6.24. The summed E-state index contributed by atoms with van der Waals surface area (Å²) in [6.45, 7) is 2.16. The van der Waals surface area contributed by atoms with Gasteiger partial charge in [0, 0.05) is 6.20 Å². The van der Waals surface area contributed by atoms with Gasteiger partial charge < -0.3 is 4.74 Å². The summed E-state index contributed by atoms with van der Waals surface area (Å²) in [7, 11) is 0. The molecule has 0 aromatic heterocycles. The molecular weight excluding hydrogens is 146 g/mol. The third-order valence-electron chi connectivity index (χ3n) is 1.27. The van der Waals surface area contributed by atoms with E-state index in [1.165, 1.54) is 17.2 Å². The summed E-state index contributed by atoms with van der Waals surface area (Å²) in [5, 5.41) is 0. The Hall–Kier alpha value is -1.32. The van der Waals surface area contributed by atoms with Crippen molar-refractivity contribution in [1.29, 1.82) is 0 Å². The summed E-state index contributed by atoms with van der Waals surface area (Å²) in [5.41, 5.74) is 0. The van der Waals surface area contributed by atoms with Gasteiger partial charge in [0.15, 0.2) is 5.78 Å². The standard InChI is InChI=1S/C7H9NO3/c1-2-11-7(10)8-4-3-6(9)5-8/h3-4H,2,5H2,1H3. The highest BCUT2D eigenvalue weighted by molar-refractivity contribution is 5.96. The van der Waals surface area contributed by atoms with Crippen LogP contribution in [0.4, 0.5) is 4.79 Å². The molecule has 60 valence electrons. The van der Waals surface area contributed by atoms with Crippen molar-refractivity contribution in [3.63, 3.8) is 0 Å². The summed E-state index contributed by atoms with van der Waals surface area (Å²) in [4.78, 5) is 22.8. The second kappa shape index (κ2) is 3.18. The average Bonchev–Trinajstić information content (AvgIpc) is 2.36. The van der Waals surface area contributed by atoms with Gasteiger partial charge in [0.05, 0.1) is 13.2 Å². The fourth-order valence-corrected chi connectivity index (χ4v) is 0.778. The van der Waals surface area contributed by atoms with Crippen LogP contribution in [0.25, 0.3) is 0 Å². The van der Waals surface area contributed by atoms with E-state index in [-0.39, 0.29) is 12.3 Å². The smallest absolute Gasteiger partial charge is 0.414 e. The summed E-state index contributed by atoms with van der Waals surface area (Å²) >= 11 is 0. The summed E-state index contributed by atoms with van der Waals surface area (Å²) in [6.07, 6.45) is 2.33. The van der Waals surface area contributed by atoms with Gasteiger partial charge in [-0.2, -0.15) is 0 Å². The van der Waals surface area contributed by atoms with Crippen molar-refractivity contribution in [2.24, 2.45) is 0 Å². The molecule has 1 aliphatic heterocycles. The highest BCUT2D eigenvalue weighted by Crippen LogP contribution is 2.02. The lowest BCUT2D eigenvalue weighted by Crippen LogP contribution is -2.26. The van der Waals surface area contributed by atoms with E-state index in [0.29, 0.717) is 6.61 Å². The van der Waals surface area contributed by atoms with Gasteiger partial charge in [-0.1, -0.05) is 0 Å². The fourth-order valence-electron chi connectivity index (χ4n) is 0.778. The number of ether oxygens (including phenoxy) is 1. The van der Waals surface area contributed by atoms with Crippen LogP contribution in [-0.4, -0.2) is 29.9 Å². The van der Waals surface area contributed by atoms with E-state index in [9.17, 15) is 9.59 Å². The Morgan fingerprint density at radius 3 is 3.00 bits per heavy atom. The number of hydrogen-bond donors (Lipinski definition) is 0. The topological polar surface area (TPSA) is 46.6 Å². The Balaban J connectivity index is 2.44. The van der Waals surface area contributed by atoms with Gasteiger partial charge in [-0.05, 0) is 13.0 Å². The van der Waals surface area contributed by atoms with Crippen molar-refractivity contribution in [3.8, 4) is 0 Å². The molecule has 11 heavy (non-hydrogen) atoms. The second-order valence-corrected chi connectivity index (χ2v) is 2.11. The maximum atomic E-state index is 10.9. The molecule has 4 nitrogen and oxygen atoms in total. The maximum Gasteiger partial charge on any atom is 0.414 e. The minimum Gasteiger partial charge on any atom is -0.449 e. The van der Waals surface area contributed by atoms with Crippen LogP contribution in [0, 0.1) is 0 Å². The van der Waals surface area contributed by atoms with Crippen molar-refractivity contribution >= 4 is 11.9 Å². The molecule has 0 bridgehead atoms. The van der Waals surface area contributed by atoms with Gasteiger partial charge in [0.2, 0.25) is 0 Å². The zero-order valence-corrected chi connectivity index (χ0v) is 6.24. The Bertz CT molecular complexity index is 210. The van der Waals surface area contributed by atoms with Crippen molar-refractivity contribution in [3.05, 3.63) is 12.3 Å². The van der Waals surface area contributed by atoms with Gasteiger partial charge in [-0.25, -0.2) is 4.79 Å². The molecule has 1 heterocycles. The van der Waals surface area contributed by atoms with Crippen LogP contribution < -0.4 is 0 Å². The van der Waals surface area contributed by atoms with Crippen LogP contribution in [0.15, 0.2) is 12.3 Å². The van der Waals surface area contributed by atoms with Gasteiger partial charge >= 0.3 is 6.09 Å². The number of rotatable bonds is 1. The minimum absolute atomic E-state index is 0.0712. The number of amides is 1. The molecule has 0 aliphatic carbocycles. The van der Waals surface area contributed by atoms with E-state index in [0.717, 1.165) is 0 Å². The lowest BCUT2D eigenvalue weighted by Gasteiger charge is -2.10. The van der Waals surface area contributed by atoms with E-state index in [1.807, 2.05) is 0 Å². The van der Waals surface area contributed by atoms with Crippen LogP contribution in [0.2, 0.25) is 0 Å². The number of carbonyl (C=O) groups is 2. The largest absolute Gasteiger partial charge is 0.449 e. The molecule has 0 radical (unpaired) electrons. The van der Waals surface area contributed by atoms with Crippen molar-refractivity contribution in [2.75, 3.05) is 13.2 Å². The van der Waals surface area contributed by atoms with Crippen LogP contribution in [0.5, 0.6) is 0 Å². The van der Waals surface area contributed by atoms with Crippen molar-refractivity contribution in [1.82, 2.24) is 4.90 Å². The molecule has 0 unspecified atom stereocenters. The Labute approximate surface area is 64.4 Å². The van der Waals surface area contributed by atoms with E-state index in [4.69, 9.17) is 0 Å². The highest BCUT2D eigenvalue weighted by atomic mass is 16.6. The van der Waals surface area contributed by atoms with E-state index >= 15 is 0 Å². The van der Waals surface area contributed by atoms with Gasteiger partial charge in [-0.15, -0.1) is 0 Å². The maximum absolute atomic E-state index is 10.9. The third-order valence-corrected chi connectivity index (χ3v) is 1.27. The van der Waals surface area contributed by atoms with Crippen LogP contribution in [0.3, 0.4) is 0 Å². The monoisotopic (exact) mass is 155 g/mol. The first kappa shape index (κ1) is 7.78. The number of hydrogen-bond acceptors (Lipinski definition) is 3. The number of ketones is 1. The molecule has 0 saturated carbocycles. The fraction of sp³-hybridized carbons (Fsp3) is 0.429. The molecule has 1 rings (SSSR count). The Morgan fingerprint density at radius 1 is 1.82 bits per heavy atom. The predicted octanol–water partition coefficient (Wildman–Crippen LogP) is 0.541. The molecule has 4 heteroatoms. The molecule has 0 spiro atoms. The predicted molar refractivity (Wildman–Crippen MR) is 37.9 cm³/mol. The number of nitrogens with zero attached hydrogens (tertiary/aromatic N) is 1. The average molecular weight is 155 g/mol. The first-order valence-electron chi connectivity index (χ1n) is 3.38. The van der Waals surface area contributed by atoms with E-state index in [2.05, 4.69) is 4.74 Å². The number of carbonyl (C=O) groups excluding carboxylic acids is 2. The molecule has 0 atom stereocenters. The van der Waals surface area contributed by atoms with Crippen molar-refractivity contribution in [2.45, 2.75) is 6.92 Å². The lowest BCUT2D eigenvalue weighted by molar-refractivity contribution is -0.114. The SMILES string of the molecule is CCOC(=O)N1C=CC(=O)C1. The Kier molecular flexibility index (Phi) is 2.25. The summed E-state index contributed by atoms with van der Waals surface area (Å²) in [6, 6.07) is 0. The quantitative estimate of drug-likeness (QED) is 0.555. The van der Waals surface area contributed by atoms with Gasteiger partial charge in [0.25, 0.3) is 0 Å².